The molecule has 1 saturated heterocycles. The standard InChI is InChI=1S/C11H15NO2S/c1-8-4-3-5-9(6-8)11-10(12-2)7-15(11,13)14/h3-6,10-12H,7H2,1-2H3. The van der Waals surface area contributed by atoms with Crippen LogP contribution in [-0.4, -0.2) is 27.3 Å². The summed E-state index contributed by atoms with van der Waals surface area (Å²) in [7, 11) is -1.11. The predicted octanol–water partition coefficient (Wildman–Crippen LogP) is 1.05. The Balaban J connectivity index is 2.37. The number of sulfone groups is 1. The van der Waals surface area contributed by atoms with Crippen molar-refractivity contribution in [2.45, 2.75) is 18.2 Å². The van der Waals surface area contributed by atoms with Crippen molar-refractivity contribution in [1.82, 2.24) is 5.32 Å². The van der Waals surface area contributed by atoms with E-state index >= 15 is 0 Å². The molecule has 1 aliphatic heterocycles. The summed E-state index contributed by atoms with van der Waals surface area (Å²) >= 11 is 0. The van der Waals surface area contributed by atoms with Crippen LogP contribution in [0.25, 0.3) is 0 Å². The molecule has 0 saturated carbocycles. The number of hydrogen-bond donors (Lipinski definition) is 1. The summed E-state index contributed by atoms with van der Waals surface area (Å²) in [6, 6.07) is 7.79. The first-order valence-corrected chi connectivity index (χ1v) is 6.71. The van der Waals surface area contributed by atoms with E-state index in [0.29, 0.717) is 0 Å². The van der Waals surface area contributed by atoms with Gasteiger partial charge in [-0.1, -0.05) is 29.8 Å². The van der Waals surface area contributed by atoms with Crippen LogP contribution in [0.3, 0.4) is 0 Å². The minimum absolute atomic E-state index is 0.0665. The monoisotopic (exact) mass is 225 g/mol. The minimum Gasteiger partial charge on any atom is -0.314 e. The van der Waals surface area contributed by atoms with E-state index < -0.39 is 9.84 Å². The smallest absolute Gasteiger partial charge is 0.160 e. The average Bonchev–Trinajstić information content (AvgIpc) is 2.14. The van der Waals surface area contributed by atoms with Gasteiger partial charge >= 0.3 is 0 Å². The molecule has 1 heterocycles. The third-order valence-electron chi connectivity index (χ3n) is 2.91. The maximum absolute atomic E-state index is 11.7. The lowest BCUT2D eigenvalue weighted by Gasteiger charge is -2.36. The van der Waals surface area contributed by atoms with E-state index in [1.54, 1.807) is 0 Å². The lowest BCUT2D eigenvalue weighted by atomic mass is 10.0. The highest BCUT2D eigenvalue weighted by molar-refractivity contribution is 7.93. The molecule has 0 radical (unpaired) electrons. The molecule has 2 unspecified atom stereocenters. The van der Waals surface area contributed by atoms with E-state index in [1.807, 2.05) is 38.2 Å². The lowest BCUT2D eigenvalue weighted by Crippen LogP contribution is -2.52. The number of aryl methyl sites for hydroxylation is 1. The molecule has 2 rings (SSSR count). The number of benzene rings is 1. The first-order valence-electron chi connectivity index (χ1n) is 5.00. The van der Waals surface area contributed by atoms with Gasteiger partial charge < -0.3 is 5.32 Å². The number of hydrogen-bond acceptors (Lipinski definition) is 3. The molecule has 1 aliphatic rings. The molecular formula is C11H15NO2S. The molecule has 1 aromatic carbocycles. The maximum atomic E-state index is 11.7. The van der Waals surface area contributed by atoms with Crippen LogP contribution in [0.2, 0.25) is 0 Å². The normalized spacial score (nSPS) is 28.4. The summed E-state index contributed by atoms with van der Waals surface area (Å²) in [6.07, 6.45) is 0. The van der Waals surface area contributed by atoms with Crippen LogP contribution in [0.1, 0.15) is 16.4 Å². The van der Waals surface area contributed by atoms with E-state index in [-0.39, 0.29) is 17.0 Å². The summed E-state index contributed by atoms with van der Waals surface area (Å²) in [6.45, 7) is 1.98. The Morgan fingerprint density at radius 1 is 1.40 bits per heavy atom. The Bertz CT molecular complexity index is 467. The summed E-state index contributed by atoms with van der Waals surface area (Å²) in [4.78, 5) is 0. The molecular weight excluding hydrogens is 210 g/mol. The van der Waals surface area contributed by atoms with Crippen LogP contribution in [0.5, 0.6) is 0 Å². The SMILES string of the molecule is CNC1CS(=O)(=O)C1c1cccc(C)c1. The molecule has 0 spiro atoms. The first kappa shape index (κ1) is 10.6. The summed E-state index contributed by atoms with van der Waals surface area (Å²) in [5.74, 6) is 0.252. The zero-order valence-corrected chi connectivity index (χ0v) is 9.71. The predicted molar refractivity (Wildman–Crippen MR) is 60.6 cm³/mol. The van der Waals surface area contributed by atoms with Gasteiger partial charge in [0.2, 0.25) is 0 Å². The van der Waals surface area contributed by atoms with Crippen LogP contribution in [0.4, 0.5) is 0 Å². The van der Waals surface area contributed by atoms with Gasteiger partial charge in [-0.15, -0.1) is 0 Å². The third kappa shape index (κ3) is 1.79. The molecule has 0 aromatic heterocycles. The van der Waals surface area contributed by atoms with Crippen LogP contribution < -0.4 is 5.32 Å². The Hall–Kier alpha value is -0.870. The second kappa shape index (κ2) is 3.61. The molecule has 3 nitrogen and oxygen atoms in total. The molecule has 1 N–H and O–H groups in total. The Morgan fingerprint density at radius 3 is 2.67 bits per heavy atom. The Labute approximate surface area is 90.4 Å². The van der Waals surface area contributed by atoms with Crippen LogP contribution >= 0.6 is 0 Å². The van der Waals surface area contributed by atoms with Crippen LogP contribution in [-0.2, 0) is 9.84 Å². The number of likely N-dealkylation sites (N-methyl/N-ethyl adjacent to an activating group) is 1. The second-order valence-electron chi connectivity index (χ2n) is 4.06. The van der Waals surface area contributed by atoms with Crippen molar-refractivity contribution in [3.05, 3.63) is 35.4 Å². The van der Waals surface area contributed by atoms with Gasteiger partial charge in [-0.3, -0.25) is 0 Å². The fourth-order valence-electron chi connectivity index (χ4n) is 2.09. The molecule has 82 valence electrons. The maximum Gasteiger partial charge on any atom is 0.160 e. The Morgan fingerprint density at radius 2 is 2.13 bits per heavy atom. The summed E-state index contributed by atoms with van der Waals surface area (Å²) in [5.41, 5.74) is 2.00. The zero-order valence-electron chi connectivity index (χ0n) is 8.90. The highest BCUT2D eigenvalue weighted by atomic mass is 32.2. The van der Waals surface area contributed by atoms with Crippen molar-refractivity contribution in [2.75, 3.05) is 12.8 Å². The van der Waals surface area contributed by atoms with Gasteiger partial charge in [0.05, 0.1) is 5.75 Å². The van der Waals surface area contributed by atoms with Crippen LogP contribution in [0, 0.1) is 6.92 Å². The van der Waals surface area contributed by atoms with E-state index in [4.69, 9.17) is 0 Å². The topological polar surface area (TPSA) is 46.2 Å². The summed E-state index contributed by atoms with van der Waals surface area (Å²) < 4.78 is 23.3. The van der Waals surface area contributed by atoms with Crippen molar-refractivity contribution in [2.24, 2.45) is 0 Å². The van der Waals surface area contributed by atoms with Crippen molar-refractivity contribution in [3.63, 3.8) is 0 Å². The van der Waals surface area contributed by atoms with Gasteiger partial charge in [0, 0.05) is 6.04 Å². The molecule has 0 aliphatic carbocycles. The first-order chi connectivity index (χ1) is 7.04. The van der Waals surface area contributed by atoms with Gasteiger partial charge in [0.15, 0.2) is 9.84 Å². The lowest BCUT2D eigenvalue weighted by molar-refractivity contribution is 0.482. The van der Waals surface area contributed by atoms with Crippen molar-refractivity contribution >= 4 is 9.84 Å². The highest BCUT2D eigenvalue weighted by Crippen LogP contribution is 2.36. The van der Waals surface area contributed by atoms with Gasteiger partial charge in [-0.25, -0.2) is 8.42 Å². The second-order valence-corrected chi connectivity index (χ2v) is 6.23. The largest absolute Gasteiger partial charge is 0.314 e. The van der Waals surface area contributed by atoms with Gasteiger partial charge in [0.25, 0.3) is 0 Å². The van der Waals surface area contributed by atoms with E-state index in [9.17, 15) is 8.42 Å². The van der Waals surface area contributed by atoms with Crippen LogP contribution in [0.15, 0.2) is 24.3 Å². The van der Waals surface area contributed by atoms with Crippen molar-refractivity contribution in [3.8, 4) is 0 Å². The molecule has 4 heteroatoms. The van der Waals surface area contributed by atoms with E-state index in [0.717, 1.165) is 11.1 Å². The molecule has 1 fully saturated rings. The van der Waals surface area contributed by atoms with Gasteiger partial charge in [-0.05, 0) is 19.5 Å². The van der Waals surface area contributed by atoms with Gasteiger partial charge in [-0.2, -0.15) is 0 Å². The van der Waals surface area contributed by atoms with Crippen molar-refractivity contribution < 1.29 is 8.42 Å². The third-order valence-corrected chi connectivity index (χ3v) is 5.10. The fraction of sp³-hybridized carbons (Fsp3) is 0.455. The average molecular weight is 225 g/mol. The quantitative estimate of drug-likeness (QED) is 0.818. The van der Waals surface area contributed by atoms with Gasteiger partial charge in [0.1, 0.15) is 5.25 Å². The fourth-order valence-corrected chi connectivity index (χ4v) is 4.09. The highest BCUT2D eigenvalue weighted by Gasteiger charge is 2.45. The number of rotatable bonds is 2. The Kier molecular flexibility index (Phi) is 2.56. The molecule has 2 atom stereocenters. The zero-order chi connectivity index (χ0) is 11.1. The molecule has 15 heavy (non-hydrogen) atoms. The van der Waals surface area contributed by atoms with E-state index in [2.05, 4.69) is 5.32 Å². The van der Waals surface area contributed by atoms with Crippen molar-refractivity contribution in [1.29, 1.82) is 0 Å². The molecule has 1 aromatic rings. The molecule has 0 amide bonds. The summed E-state index contributed by atoms with van der Waals surface area (Å²) in [5, 5.41) is 2.69. The minimum atomic E-state index is -2.92. The molecule has 0 bridgehead atoms. The number of nitrogens with one attached hydrogen (secondary N) is 1. The van der Waals surface area contributed by atoms with E-state index in [1.165, 1.54) is 0 Å².